The number of carbonyl (C=O) groups is 4. The first kappa shape index (κ1) is 36.4. The standard InChI is InChI=1S/C41H45ClN10O4/c1-25-21-41(24-51(25)29-4-6-33(43-2)32(42)20-29)13-17-49(18-14-41)36-9-8-35(46-47-36)48-15-11-28(12-16-48)50-22-27(23-50)44-26-3-5-30-31(19-26)40(56)52(39(30)55)34-7-10-37(53)45-38(34)54/h3-6,8-9,19-20,25,27-28,34,44H,7,10-18,21-24H2,1H3,(H,45,53,54)/t25-,34?/m0/s1. The number of fused-ring (bicyclic) bond motifs is 1. The van der Waals surface area contributed by atoms with Crippen LogP contribution >= 0.6 is 11.6 Å². The first-order valence-corrected chi connectivity index (χ1v) is 20.1. The molecule has 2 N–H and O–H groups in total. The summed E-state index contributed by atoms with van der Waals surface area (Å²) in [7, 11) is 0. The van der Waals surface area contributed by atoms with Crippen LogP contribution in [0.25, 0.3) is 4.85 Å². The summed E-state index contributed by atoms with van der Waals surface area (Å²) in [5.41, 5.74) is 3.20. The van der Waals surface area contributed by atoms with Crippen molar-refractivity contribution < 1.29 is 19.2 Å². The highest BCUT2D eigenvalue weighted by molar-refractivity contribution is 6.33. The molecule has 56 heavy (non-hydrogen) atoms. The van der Waals surface area contributed by atoms with Crippen LogP contribution in [0.1, 0.15) is 72.6 Å². The molecule has 0 bridgehead atoms. The van der Waals surface area contributed by atoms with Crippen molar-refractivity contribution in [3.8, 4) is 0 Å². The number of amides is 4. The SMILES string of the molecule is [C-]#[N+]c1ccc(N2CC3(CCN(c4ccc(N5CCC(N6CC(Nc7ccc8c(c7)C(=O)N(C7CCC(=O)NC7=O)C8=O)C6)CC5)nn4)CC3)C[C@@H]2C)cc1Cl. The Balaban J connectivity index is 0.726. The smallest absolute Gasteiger partial charge is 0.262 e. The summed E-state index contributed by atoms with van der Waals surface area (Å²) in [6.45, 7) is 16.1. The van der Waals surface area contributed by atoms with Crippen LogP contribution in [0.3, 0.4) is 0 Å². The van der Waals surface area contributed by atoms with Crippen molar-refractivity contribution in [2.45, 2.75) is 76.0 Å². The van der Waals surface area contributed by atoms with Gasteiger partial charge in [0.2, 0.25) is 17.5 Å². The summed E-state index contributed by atoms with van der Waals surface area (Å²) in [6, 6.07) is 15.4. The van der Waals surface area contributed by atoms with Gasteiger partial charge >= 0.3 is 0 Å². The zero-order chi connectivity index (χ0) is 38.7. The van der Waals surface area contributed by atoms with E-state index in [-0.39, 0.29) is 35.4 Å². The summed E-state index contributed by atoms with van der Waals surface area (Å²) in [6.07, 6.45) is 5.67. The third-order valence-corrected chi connectivity index (χ3v) is 13.3. The number of halogens is 1. The lowest BCUT2D eigenvalue weighted by Gasteiger charge is -2.47. The van der Waals surface area contributed by atoms with Gasteiger partial charge in [0, 0.05) is 80.7 Å². The van der Waals surface area contributed by atoms with Crippen LogP contribution in [0.5, 0.6) is 0 Å². The molecule has 1 unspecified atom stereocenters. The normalized spacial score (nSPS) is 24.4. The number of hydrogen-bond donors (Lipinski definition) is 2. The van der Waals surface area contributed by atoms with E-state index in [1.807, 2.05) is 24.3 Å². The number of hydrogen-bond acceptors (Lipinski definition) is 11. The number of benzene rings is 2. The summed E-state index contributed by atoms with van der Waals surface area (Å²) in [4.78, 5) is 64.4. The maximum absolute atomic E-state index is 13.2. The third kappa shape index (κ3) is 6.60. The molecule has 3 aromatic rings. The summed E-state index contributed by atoms with van der Waals surface area (Å²) < 4.78 is 0. The highest BCUT2D eigenvalue weighted by Gasteiger charge is 2.46. The average Bonchev–Trinajstić information content (AvgIpc) is 3.64. The number of nitrogens with zero attached hydrogens (tertiary/aromatic N) is 8. The molecule has 7 heterocycles. The van der Waals surface area contributed by atoms with E-state index in [2.05, 4.69) is 64.3 Å². The molecular weight excluding hydrogens is 732 g/mol. The molecule has 9 rings (SSSR count). The fourth-order valence-corrected chi connectivity index (χ4v) is 10.0. The zero-order valence-corrected chi connectivity index (χ0v) is 32.2. The number of rotatable bonds is 7. The molecule has 290 valence electrons. The van der Waals surface area contributed by atoms with Crippen LogP contribution in [0, 0.1) is 12.0 Å². The predicted molar refractivity (Wildman–Crippen MR) is 212 cm³/mol. The lowest BCUT2D eigenvalue weighted by atomic mass is 9.77. The number of aromatic nitrogens is 2. The van der Waals surface area contributed by atoms with Crippen LogP contribution in [-0.4, -0.2) is 114 Å². The topological polar surface area (TPSA) is 139 Å². The molecule has 2 atom stereocenters. The van der Waals surface area contributed by atoms with Gasteiger partial charge in [-0.1, -0.05) is 17.7 Å². The van der Waals surface area contributed by atoms with E-state index in [4.69, 9.17) is 18.2 Å². The van der Waals surface area contributed by atoms with E-state index >= 15 is 0 Å². The summed E-state index contributed by atoms with van der Waals surface area (Å²) >= 11 is 6.38. The molecule has 4 amide bonds. The predicted octanol–water partition coefficient (Wildman–Crippen LogP) is 4.73. The highest BCUT2D eigenvalue weighted by Crippen LogP contribution is 2.46. The molecule has 5 fully saturated rings. The van der Waals surface area contributed by atoms with Gasteiger partial charge in [-0.15, -0.1) is 10.2 Å². The maximum atomic E-state index is 13.2. The molecule has 6 aliphatic rings. The fourth-order valence-electron chi connectivity index (χ4n) is 9.82. The van der Waals surface area contributed by atoms with Crippen molar-refractivity contribution in [1.29, 1.82) is 0 Å². The molecule has 14 nitrogen and oxygen atoms in total. The van der Waals surface area contributed by atoms with Gasteiger partial charge in [0.1, 0.15) is 6.04 Å². The highest BCUT2D eigenvalue weighted by atomic mass is 35.5. The van der Waals surface area contributed by atoms with Crippen LogP contribution in [-0.2, 0) is 9.59 Å². The molecule has 0 saturated carbocycles. The lowest BCUT2D eigenvalue weighted by Crippen LogP contribution is -2.60. The Hall–Kier alpha value is -5.26. The molecule has 5 saturated heterocycles. The second-order valence-corrected chi connectivity index (χ2v) is 16.8. The Morgan fingerprint density at radius 3 is 2.23 bits per heavy atom. The van der Waals surface area contributed by atoms with Crippen molar-refractivity contribution in [1.82, 2.24) is 25.3 Å². The summed E-state index contributed by atoms with van der Waals surface area (Å²) in [5.74, 6) is -0.127. The van der Waals surface area contributed by atoms with Gasteiger partial charge in [-0.3, -0.25) is 34.3 Å². The summed E-state index contributed by atoms with van der Waals surface area (Å²) in [5, 5.41) is 15.6. The van der Waals surface area contributed by atoms with E-state index in [0.717, 1.165) is 106 Å². The molecule has 1 aromatic heterocycles. The average molecular weight is 777 g/mol. The quantitative estimate of drug-likeness (QED) is 0.255. The van der Waals surface area contributed by atoms with Crippen molar-refractivity contribution in [3.63, 3.8) is 0 Å². The third-order valence-electron chi connectivity index (χ3n) is 13.0. The van der Waals surface area contributed by atoms with Gasteiger partial charge in [0.05, 0.1) is 23.7 Å². The van der Waals surface area contributed by atoms with Crippen molar-refractivity contribution in [3.05, 3.63) is 76.1 Å². The fraction of sp³-hybridized carbons (Fsp3) is 0.488. The van der Waals surface area contributed by atoms with Gasteiger partial charge in [-0.2, -0.15) is 0 Å². The van der Waals surface area contributed by atoms with Crippen LogP contribution in [0.15, 0.2) is 48.5 Å². The minimum absolute atomic E-state index is 0.0939. The van der Waals surface area contributed by atoms with E-state index in [1.54, 1.807) is 12.1 Å². The number of anilines is 4. The second-order valence-electron chi connectivity index (χ2n) is 16.4. The second kappa shape index (κ2) is 14.4. The van der Waals surface area contributed by atoms with Gasteiger partial charge in [0.15, 0.2) is 11.6 Å². The van der Waals surface area contributed by atoms with Crippen LogP contribution in [0.4, 0.5) is 28.7 Å². The zero-order valence-electron chi connectivity index (χ0n) is 31.4. The molecule has 1 spiro atoms. The Labute approximate surface area is 330 Å². The van der Waals surface area contributed by atoms with E-state index < -0.39 is 29.7 Å². The van der Waals surface area contributed by atoms with E-state index in [0.29, 0.717) is 22.8 Å². The number of carbonyl (C=O) groups excluding carboxylic acids is 4. The largest absolute Gasteiger partial charge is 0.380 e. The van der Waals surface area contributed by atoms with E-state index in [1.165, 1.54) is 0 Å². The molecule has 6 aliphatic heterocycles. The maximum Gasteiger partial charge on any atom is 0.262 e. The molecule has 0 radical (unpaired) electrons. The van der Waals surface area contributed by atoms with Gasteiger partial charge in [-0.25, -0.2) is 4.85 Å². The van der Waals surface area contributed by atoms with Crippen LogP contribution < -0.4 is 25.3 Å². The first-order chi connectivity index (χ1) is 27.1. The number of imide groups is 2. The van der Waals surface area contributed by atoms with Crippen molar-refractivity contribution in [2.24, 2.45) is 5.41 Å². The minimum atomic E-state index is -0.971. The Morgan fingerprint density at radius 1 is 0.875 bits per heavy atom. The first-order valence-electron chi connectivity index (χ1n) is 19.7. The van der Waals surface area contributed by atoms with Gasteiger partial charge < -0.3 is 20.0 Å². The molecular formula is C41H45ClN10O4. The van der Waals surface area contributed by atoms with Crippen LogP contribution in [0.2, 0.25) is 5.02 Å². The van der Waals surface area contributed by atoms with Crippen molar-refractivity contribution in [2.75, 3.05) is 65.8 Å². The Morgan fingerprint density at radius 2 is 1.57 bits per heavy atom. The number of likely N-dealkylation sites (tertiary alicyclic amines) is 1. The Bertz CT molecular complexity index is 2120. The van der Waals surface area contributed by atoms with Gasteiger partial charge in [0.25, 0.3) is 11.8 Å². The molecule has 15 heteroatoms. The minimum Gasteiger partial charge on any atom is -0.380 e. The molecule has 2 aromatic carbocycles. The molecule has 0 aliphatic carbocycles. The number of piperidine rings is 3. The van der Waals surface area contributed by atoms with Gasteiger partial charge in [-0.05, 0) is 93.3 Å². The van der Waals surface area contributed by atoms with E-state index in [9.17, 15) is 19.2 Å². The number of nitrogens with one attached hydrogen (secondary N) is 2. The van der Waals surface area contributed by atoms with Crippen molar-refractivity contribution >= 4 is 63.9 Å². The Kier molecular flexibility index (Phi) is 9.32. The lowest BCUT2D eigenvalue weighted by molar-refractivity contribution is -0.136. The monoisotopic (exact) mass is 776 g/mol.